The van der Waals surface area contributed by atoms with Crippen LogP contribution in [0.2, 0.25) is 0 Å². The Labute approximate surface area is 176 Å². The summed E-state index contributed by atoms with van der Waals surface area (Å²) in [5.74, 6) is -1.25. The van der Waals surface area contributed by atoms with Crippen LogP contribution < -0.4 is 15.4 Å². The van der Waals surface area contributed by atoms with Gasteiger partial charge >= 0.3 is 12.0 Å². The number of hydrogen-bond donors (Lipinski definition) is 2. The molecule has 3 atom stereocenters. The van der Waals surface area contributed by atoms with Crippen LogP contribution >= 0.6 is 0 Å². The van der Waals surface area contributed by atoms with Gasteiger partial charge < -0.3 is 20.1 Å². The maximum Gasteiger partial charge on any atom is 0.328 e. The molecule has 4 amide bonds. The fourth-order valence-corrected chi connectivity index (χ4v) is 3.44. The molecular weight excluding hydrogens is 390 g/mol. The number of amides is 4. The first-order valence-electron chi connectivity index (χ1n) is 9.89. The maximum atomic E-state index is 13.2. The normalized spacial score (nSPS) is 20.4. The molecule has 1 aliphatic heterocycles. The molecule has 1 fully saturated rings. The van der Waals surface area contributed by atoms with Gasteiger partial charge in [-0.1, -0.05) is 39.3 Å². The van der Waals surface area contributed by atoms with E-state index in [1.54, 1.807) is 38.1 Å². The molecular formula is C21H29N3O6. The first-order valence-corrected chi connectivity index (χ1v) is 9.89. The van der Waals surface area contributed by atoms with Gasteiger partial charge in [-0.05, 0) is 30.0 Å². The molecule has 1 saturated heterocycles. The highest BCUT2D eigenvalue weighted by Gasteiger charge is 2.51. The molecule has 0 radical (unpaired) electrons. The molecule has 9 heteroatoms. The molecule has 1 aliphatic rings. The number of ether oxygens (including phenoxy) is 2. The highest BCUT2D eigenvalue weighted by Crippen LogP contribution is 2.33. The van der Waals surface area contributed by atoms with Crippen LogP contribution in [-0.2, 0) is 24.7 Å². The van der Waals surface area contributed by atoms with Crippen molar-refractivity contribution in [2.24, 2.45) is 5.92 Å². The molecule has 0 aromatic heterocycles. The van der Waals surface area contributed by atoms with Crippen LogP contribution in [0.5, 0.6) is 5.75 Å². The van der Waals surface area contributed by atoms with E-state index in [1.165, 1.54) is 14.2 Å². The molecule has 1 aromatic rings. The highest BCUT2D eigenvalue weighted by molar-refractivity contribution is 6.09. The Balaban J connectivity index is 2.20. The Morgan fingerprint density at radius 3 is 2.30 bits per heavy atom. The van der Waals surface area contributed by atoms with E-state index in [1.807, 2.05) is 6.92 Å². The lowest BCUT2D eigenvalue weighted by molar-refractivity contribution is -0.146. The smallest absolute Gasteiger partial charge is 0.328 e. The molecule has 0 aliphatic carbocycles. The molecule has 9 nitrogen and oxygen atoms in total. The quantitative estimate of drug-likeness (QED) is 0.464. The summed E-state index contributed by atoms with van der Waals surface area (Å²) in [6, 6.07) is 5.31. The third-order valence-electron chi connectivity index (χ3n) is 5.58. The predicted molar refractivity (Wildman–Crippen MR) is 109 cm³/mol. The maximum absolute atomic E-state index is 13.2. The van der Waals surface area contributed by atoms with Gasteiger partial charge in [-0.3, -0.25) is 14.5 Å². The van der Waals surface area contributed by atoms with Crippen molar-refractivity contribution in [1.29, 1.82) is 0 Å². The monoisotopic (exact) mass is 419 g/mol. The third-order valence-corrected chi connectivity index (χ3v) is 5.58. The van der Waals surface area contributed by atoms with Crippen molar-refractivity contribution in [3.05, 3.63) is 29.8 Å². The molecule has 164 valence electrons. The predicted octanol–water partition coefficient (Wildman–Crippen LogP) is 1.56. The number of hydrogen-bond acceptors (Lipinski definition) is 6. The Morgan fingerprint density at radius 2 is 1.80 bits per heavy atom. The second-order valence-corrected chi connectivity index (χ2v) is 7.26. The summed E-state index contributed by atoms with van der Waals surface area (Å²) in [5, 5.41) is 5.30. The fourth-order valence-electron chi connectivity index (χ4n) is 3.44. The number of benzene rings is 1. The lowest BCUT2D eigenvalue weighted by Crippen LogP contribution is -2.50. The Morgan fingerprint density at radius 1 is 1.17 bits per heavy atom. The minimum atomic E-state index is -1.26. The zero-order valence-electron chi connectivity index (χ0n) is 18.0. The zero-order chi connectivity index (χ0) is 22.5. The molecule has 0 unspecified atom stereocenters. The molecule has 0 spiro atoms. The van der Waals surface area contributed by atoms with Crippen molar-refractivity contribution < 1.29 is 28.7 Å². The first kappa shape index (κ1) is 23.2. The van der Waals surface area contributed by atoms with Gasteiger partial charge in [0.05, 0.1) is 14.2 Å². The van der Waals surface area contributed by atoms with Gasteiger partial charge in [-0.25, -0.2) is 9.59 Å². The van der Waals surface area contributed by atoms with Crippen LogP contribution in [0.3, 0.4) is 0 Å². The molecule has 30 heavy (non-hydrogen) atoms. The van der Waals surface area contributed by atoms with Crippen molar-refractivity contribution >= 4 is 23.8 Å². The summed E-state index contributed by atoms with van der Waals surface area (Å²) < 4.78 is 9.89. The number of urea groups is 1. The third kappa shape index (κ3) is 4.39. The van der Waals surface area contributed by atoms with E-state index in [-0.39, 0.29) is 5.92 Å². The number of carbonyl (C=O) groups excluding carboxylic acids is 4. The second-order valence-electron chi connectivity index (χ2n) is 7.26. The number of esters is 1. The Bertz CT molecular complexity index is 809. The van der Waals surface area contributed by atoms with E-state index in [0.29, 0.717) is 24.2 Å². The summed E-state index contributed by atoms with van der Waals surface area (Å²) in [6.07, 6.45) is 0.944. The molecule has 2 rings (SSSR count). The molecule has 1 aromatic carbocycles. The van der Waals surface area contributed by atoms with Crippen LogP contribution in [0.25, 0.3) is 0 Å². The number of nitrogens with one attached hydrogen (secondary N) is 2. The summed E-state index contributed by atoms with van der Waals surface area (Å²) in [4.78, 5) is 51.1. The molecule has 0 saturated carbocycles. The average molecular weight is 419 g/mol. The fraction of sp³-hybridized carbons (Fsp3) is 0.524. The van der Waals surface area contributed by atoms with E-state index in [0.717, 1.165) is 4.90 Å². The minimum Gasteiger partial charge on any atom is -0.497 e. The van der Waals surface area contributed by atoms with Crippen molar-refractivity contribution in [2.45, 2.75) is 45.2 Å². The SMILES string of the molecule is CC[C@H](C)[C@@H](NC(=O)CN1C(=O)N[C@](CC)(c2ccc(OC)cc2)C1=O)C(=O)OC. The Kier molecular flexibility index (Phi) is 7.42. The van der Waals surface area contributed by atoms with Crippen LogP contribution in [0.1, 0.15) is 39.2 Å². The Hall–Kier alpha value is -3.10. The zero-order valence-corrected chi connectivity index (χ0v) is 18.0. The van der Waals surface area contributed by atoms with Gasteiger partial charge in [0.15, 0.2) is 0 Å². The van der Waals surface area contributed by atoms with E-state index in [4.69, 9.17) is 9.47 Å². The van der Waals surface area contributed by atoms with Crippen LogP contribution in [-0.4, -0.2) is 55.5 Å². The van der Waals surface area contributed by atoms with Gasteiger partial charge in [-0.2, -0.15) is 0 Å². The summed E-state index contributed by atoms with van der Waals surface area (Å²) in [6.45, 7) is 4.98. The lowest BCUT2D eigenvalue weighted by Gasteiger charge is -2.26. The van der Waals surface area contributed by atoms with E-state index in [9.17, 15) is 19.2 Å². The van der Waals surface area contributed by atoms with Gasteiger partial charge in [0.2, 0.25) is 5.91 Å². The van der Waals surface area contributed by atoms with Gasteiger partial charge in [0, 0.05) is 0 Å². The van der Waals surface area contributed by atoms with Crippen LogP contribution in [0.4, 0.5) is 4.79 Å². The first-order chi connectivity index (χ1) is 14.2. The highest BCUT2D eigenvalue weighted by atomic mass is 16.5. The van der Waals surface area contributed by atoms with Crippen molar-refractivity contribution in [3.63, 3.8) is 0 Å². The number of carbonyl (C=O) groups is 4. The summed E-state index contributed by atoms with van der Waals surface area (Å²) >= 11 is 0. The minimum absolute atomic E-state index is 0.168. The van der Waals surface area contributed by atoms with Crippen LogP contribution in [0, 0.1) is 5.92 Å². The van der Waals surface area contributed by atoms with Crippen molar-refractivity contribution in [3.8, 4) is 5.75 Å². The van der Waals surface area contributed by atoms with Crippen molar-refractivity contribution in [1.82, 2.24) is 15.5 Å². The average Bonchev–Trinajstić information content (AvgIpc) is 3.01. The number of methoxy groups -OCH3 is 2. The molecule has 0 bridgehead atoms. The van der Waals surface area contributed by atoms with Crippen LogP contribution in [0.15, 0.2) is 24.3 Å². The summed E-state index contributed by atoms with van der Waals surface area (Å²) in [5.41, 5.74) is -0.665. The second kappa shape index (κ2) is 9.60. The number of imide groups is 1. The van der Waals surface area contributed by atoms with Gasteiger partial charge in [0.1, 0.15) is 23.9 Å². The number of rotatable bonds is 9. The molecule has 2 N–H and O–H groups in total. The van der Waals surface area contributed by atoms with Crippen molar-refractivity contribution in [2.75, 3.05) is 20.8 Å². The summed E-state index contributed by atoms with van der Waals surface area (Å²) in [7, 11) is 2.78. The van der Waals surface area contributed by atoms with Gasteiger partial charge in [0.25, 0.3) is 5.91 Å². The lowest BCUT2D eigenvalue weighted by atomic mass is 9.87. The van der Waals surface area contributed by atoms with Gasteiger partial charge in [-0.15, -0.1) is 0 Å². The van der Waals surface area contributed by atoms with E-state index in [2.05, 4.69) is 10.6 Å². The number of nitrogens with zero attached hydrogens (tertiary/aromatic N) is 1. The standard InChI is InChI=1S/C21H29N3O6/c1-6-13(3)17(18(26)30-5)22-16(25)12-24-19(27)21(7-2,23-20(24)28)14-8-10-15(29-4)11-9-14/h8-11,13,17H,6-7,12H2,1-5H3,(H,22,25)(H,23,28)/t13-,17+,21+/m0/s1. The van der Waals surface area contributed by atoms with E-state index >= 15 is 0 Å². The topological polar surface area (TPSA) is 114 Å². The molecule has 1 heterocycles. The largest absolute Gasteiger partial charge is 0.497 e. The van der Waals surface area contributed by atoms with E-state index < -0.39 is 41.9 Å².